The lowest BCUT2D eigenvalue weighted by Crippen LogP contribution is -2.45. The Labute approximate surface area is 185 Å². The van der Waals surface area contributed by atoms with Gasteiger partial charge in [0, 0.05) is 11.1 Å². The molecular weight excluding hydrogens is 410 g/mol. The van der Waals surface area contributed by atoms with Crippen LogP contribution in [0.25, 0.3) is 10.2 Å². The minimum absolute atomic E-state index is 0.0830. The van der Waals surface area contributed by atoms with E-state index in [4.69, 9.17) is 0 Å². The van der Waals surface area contributed by atoms with Gasteiger partial charge < -0.3 is 5.32 Å². The Kier molecular flexibility index (Phi) is 4.97. The molecule has 4 rings (SSSR count). The SMILES string of the molecule is CC(C)(C)CC(C)(C)NC(=O)c1ccc2nc(N3C(=O)c4ccccc4C3=O)sc2c1. The first-order valence-corrected chi connectivity index (χ1v) is 11.0. The predicted octanol–water partition coefficient (Wildman–Crippen LogP) is 5.04. The van der Waals surface area contributed by atoms with Crippen molar-refractivity contribution in [1.29, 1.82) is 0 Å². The van der Waals surface area contributed by atoms with Crippen molar-refractivity contribution in [2.24, 2.45) is 5.41 Å². The van der Waals surface area contributed by atoms with Crippen molar-refractivity contribution >= 4 is 44.4 Å². The summed E-state index contributed by atoms with van der Waals surface area (Å²) in [5.74, 6) is -0.907. The summed E-state index contributed by atoms with van der Waals surface area (Å²) in [5, 5.41) is 3.42. The van der Waals surface area contributed by atoms with Gasteiger partial charge in [0.1, 0.15) is 0 Å². The first kappa shape index (κ1) is 21.2. The summed E-state index contributed by atoms with van der Waals surface area (Å²) in [6, 6.07) is 12.0. The number of carbonyl (C=O) groups excluding carboxylic acids is 3. The molecule has 0 atom stereocenters. The van der Waals surface area contributed by atoms with Gasteiger partial charge in [0.15, 0.2) is 0 Å². The third kappa shape index (κ3) is 4.10. The largest absolute Gasteiger partial charge is 0.347 e. The standard InChI is InChI=1S/C24H25N3O3S/c1-23(2,3)13-24(4,5)26-19(28)14-10-11-17-18(12-14)31-22(25-17)27-20(29)15-8-6-7-9-16(15)21(27)30/h6-12H,13H2,1-5H3,(H,26,28). The number of thiazole rings is 1. The van der Waals surface area contributed by atoms with Crippen LogP contribution in [0.3, 0.4) is 0 Å². The quantitative estimate of drug-likeness (QED) is 0.582. The molecule has 1 aliphatic rings. The summed E-state index contributed by atoms with van der Waals surface area (Å²) >= 11 is 1.23. The van der Waals surface area contributed by atoms with Crippen molar-refractivity contribution in [3.8, 4) is 0 Å². The fourth-order valence-corrected chi connectivity index (χ4v) is 5.26. The first-order chi connectivity index (χ1) is 14.5. The highest BCUT2D eigenvalue weighted by atomic mass is 32.1. The van der Waals surface area contributed by atoms with Gasteiger partial charge in [-0.2, -0.15) is 0 Å². The van der Waals surface area contributed by atoms with Crippen LogP contribution in [-0.4, -0.2) is 28.2 Å². The summed E-state index contributed by atoms with van der Waals surface area (Å²) in [6.45, 7) is 10.5. The van der Waals surface area contributed by atoms with E-state index in [-0.39, 0.29) is 28.7 Å². The van der Waals surface area contributed by atoms with E-state index in [0.717, 1.165) is 16.0 Å². The molecule has 160 valence electrons. The van der Waals surface area contributed by atoms with Gasteiger partial charge in [0.25, 0.3) is 17.7 Å². The van der Waals surface area contributed by atoms with E-state index in [0.29, 0.717) is 27.3 Å². The molecule has 0 saturated heterocycles. The monoisotopic (exact) mass is 435 g/mol. The van der Waals surface area contributed by atoms with Gasteiger partial charge in [-0.05, 0) is 56.0 Å². The summed E-state index contributed by atoms with van der Waals surface area (Å²) in [5.41, 5.74) is 1.65. The third-order valence-electron chi connectivity index (χ3n) is 5.05. The number of aromatic nitrogens is 1. The minimum Gasteiger partial charge on any atom is -0.347 e. The maximum absolute atomic E-state index is 12.9. The lowest BCUT2D eigenvalue weighted by Gasteiger charge is -2.33. The second-order valence-electron chi connectivity index (χ2n) is 9.75. The molecule has 6 nitrogen and oxygen atoms in total. The fourth-order valence-electron chi connectivity index (χ4n) is 4.26. The number of hydrogen-bond acceptors (Lipinski definition) is 5. The number of nitrogens with zero attached hydrogens (tertiary/aromatic N) is 2. The number of carbonyl (C=O) groups is 3. The molecule has 1 N–H and O–H groups in total. The van der Waals surface area contributed by atoms with Crippen LogP contribution < -0.4 is 10.2 Å². The summed E-state index contributed by atoms with van der Waals surface area (Å²) in [4.78, 5) is 43.9. The number of nitrogens with one attached hydrogen (secondary N) is 1. The van der Waals surface area contributed by atoms with Crippen LogP contribution in [-0.2, 0) is 0 Å². The maximum Gasteiger partial charge on any atom is 0.268 e. The van der Waals surface area contributed by atoms with Crippen LogP contribution in [0.4, 0.5) is 5.13 Å². The molecule has 31 heavy (non-hydrogen) atoms. The Morgan fingerprint density at radius 1 is 1.00 bits per heavy atom. The average Bonchev–Trinajstić information content (AvgIpc) is 3.18. The highest BCUT2D eigenvalue weighted by Crippen LogP contribution is 2.35. The minimum atomic E-state index is -0.374. The average molecular weight is 436 g/mol. The van der Waals surface area contributed by atoms with Crippen LogP contribution >= 0.6 is 11.3 Å². The third-order valence-corrected chi connectivity index (χ3v) is 6.05. The van der Waals surface area contributed by atoms with E-state index in [2.05, 4.69) is 31.1 Å². The molecule has 3 amide bonds. The van der Waals surface area contributed by atoms with Gasteiger partial charge >= 0.3 is 0 Å². The highest BCUT2D eigenvalue weighted by Gasteiger charge is 2.38. The van der Waals surface area contributed by atoms with Crippen molar-refractivity contribution in [2.45, 2.75) is 46.6 Å². The molecule has 1 aromatic heterocycles. The van der Waals surface area contributed by atoms with Crippen LogP contribution in [0.5, 0.6) is 0 Å². The number of amides is 3. The van der Waals surface area contributed by atoms with Crippen LogP contribution in [0.1, 0.15) is 72.1 Å². The highest BCUT2D eigenvalue weighted by molar-refractivity contribution is 7.22. The van der Waals surface area contributed by atoms with Gasteiger partial charge in [-0.3, -0.25) is 14.4 Å². The zero-order valence-electron chi connectivity index (χ0n) is 18.3. The molecule has 0 aliphatic carbocycles. The van der Waals surface area contributed by atoms with Crippen molar-refractivity contribution in [3.05, 3.63) is 59.2 Å². The molecule has 0 bridgehead atoms. The second kappa shape index (κ2) is 7.27. The Hall–Kier alpha value is -3.06. The summed E-state index contributed by atoms with van der Waals surface area (Å²) in [7, 11) is 0. The van der Waals surface area contributed by atoms with Crippen molar-refractivity contribution in [2.75, 3.05) is 4.90 Å². The zero-order valence-corrected chi connectivity index (χ0v) is 19.1. The molecule has 3 aromatic rings. The molecule has 2 aromatic carbocycles. The fraction of sp³-hybridized carbons (Fsp3) is 0.333. The maximum atomic E-state index is 12.9. The Bertz CT molecular complexity index is 1190. The molecule has 1 aliphatic heterocycles. The van der Waals surface area contributed by atoms with Gasteiger partial charge in [0.05, 0.1) is 21.3 Å². The molecule has 0 radical (unpaired) electrons. The van der Waals surface area contributed by atoms with Gasteiger partial charge in [0.2, 0.25) is 5.13 Å². The van der Waals surface area contributed by atoms with E-state index >= 15 is 0 Å². The molecule has 0 unspecified atom stereocenters. The predicted molar refractivity (Wildman–Crippen MR) is 123 cm³/mol. The number of hydrogen-bond donors (Lipinski definition) is 1. The lowest BCUT2D eigenvalue weighted by molar-refractivity contribution is 0.0887. The zero-order chi connectivity index (χ0) is 22.6. The summed E-state index contributed by atoms with van der Waals surface area (Å²) < 4.78 is 0.743. The number of benzene rings is 2. The van der Waals surface area contributed by atoms with E-state index in [1.54, 1.807) is 42.5 Å². The summed E-state index contributed by atoms with van der Waals surface area (Å²) in [6.07, 6.45) is 0.832. The van der Waals surface area contributed by atoms with Crippen molar-refractivity contribution in [1.82, 2.24) is 10.3 Å². The van der Waals surface area contributed by atoms with Crippen molar-refractivity contribution < 1.29 is 14.4 Å². The molecular formula is C24H25N3O3S. The number of fused-ring (bicyclic) bond motifs is 2. The van der Waals surface area contributed by atoms with Crippen LogP contribution in [0.2, 0.25) is 0 Å². The number of imide groups is 1. The molecule has 7 heteroatoms. The lowest BCUT2D eigenvalue weighted by atomic mass is 9.81. The Morgan fingerprint density at radius 2 is 1.61 bits per heavy atom. The van der Waals surface area contributed by atoms with Crippen LogP contribution in [0.15, 0.2) is 42.5 Å². The Morgan fingerprint density at radius 3 is 2.19 bits per heavy atom. The Balaban J connectivity index is 1.60. The molecule has 0 saturated carbocycles. The van der Waals surface area contributed by atoms with E-state index < -0.39 is 0 Å². The van der Waals surface area contributed by atoms with E-state index in [1.165, 1.54) is 11.3 Å². The van der Waals surface area contributed by atoms with Gasteiger partial charge in [-0.15, -0.1) is 0 Å². The van der Waals surface area contributed by atoms with Gasteiger partial charge in [-0.25, -0.2) is 9.88 Å². The number of rotatable bonds is 4. The smallest absolute Gasteiger partial charge is 0.268 e. The molecule has 2 heterocycles. The molecule has 0 fully saturated rings. The first-order valence-electron chi connectivity index (χ1n) is 10.2. The topological polar surface area (TPSA) is 79.4 Å². The van der Waals surface area contributed by atoms with Crippen LogP contribution in [0, 0.1) is 5.41 Å². The second-order valence-corrected chi connectivity index (χ2v) is 10.8. The van der Waals surface area contributed by atoms with Gasteiger partial charge in [-0.1, -0.05) is 44.2 Å². The van der Waals surface area contributed by atoms with Crippen molar-refractivity contribution in [3.63, 3.8) is 0 Å². The van der Waals surface area contributed by atoms with E-state index in [9.17, 15) is 14.4 Å². The number of anilines is 1. The normalized spacial score (nSPS) is 14.3. The molecule has 0 spiro atoms. The van der Waals surface area contributed by atoms with E-state index in [1.807, 2.05) is 13.8 Å².